The molecule has 6 heteroatoms. The van der Waals surface area contributed by atoms with E-state index in [9.17, 15) is 9.59 Å². The number of ketones is 1. The Balaban J connectivity index is 2.54. The molecule has 0 radical (unpaired) electrons. The van der Waals surface area contributed by atoms with Gasteiger partial charge in [0.1, 0.15) is 0 Å². The van der Waals surface area contributed by atoms with Gasteiger partial charge in [0.05, 0.1) is 11.1 Å². The second-order valence-corrected chi connectivity index (χ2v) is 3.79. The van der Waals surface area contributed by atoms with Crippen LogP contribution in [0.5, 0.6) is 0 Å². The predicted octanol–water partition coefficient (Wildman–Crippen LogP) is 1.54. The van der Waals surface area contributed by atoms with Crippen molar-refractivity contribution in [1.29, 1.82) is 0 Å². The molecule has 0 fully saturated rings. The van der Waals surface area contributed by atoms with Gasteiger partial charge in [-0.25, -0.2) is 4.98 Å². The van der Waals surface area contributed by atoms with E-state index in [1.54, 1.807) is 0 Å². The molecule has 0 aromatic carbocycles. The fourth-order valence-corrected chi connectivity index (χ4v) is 1.48. The molecular weight excluding hydrogens is 214 g/mol. The highest BCUT2D eigenvalue weighted by atomic mass is 35.5. The minimum Gasteiger partial charge on any atom is -0.457 e. The predicted molar refractivity (Wildman–Crippen MR) is 48.1 cm³/mol. The summed E-state index contributed by atoms with van der Waals surface area (Å²) >= 11 is 6.58. The van der Waals surface area contributed by atoms with Crippen molar-refractivity contribution in [3.05, 3.63) is 15.5 Å². The molecule has 1 aromatic heterocycles. The van der Waals surface area contributed by atoms with Gasteiger partial charge in [-0.15, -0.1) is 0 Å². The van der Waals surface area contributed by atoms with Gasteiger partial charge in [0.25, 0.3) is 0 Å². The molecule has 0 saturated carbocycles. The molecule has 0 aliphatic rings. The van der Waals surface area contributed by atoms with Gasteiger partial charge in [0.2, 0.25) is 5.78 Å². The van der Waals surface area contributed by atoms with E-state index >= 15 is 0 Å². The van der Waals surface area contributed by atoms with Crippen LogP contribution in [0.3, 0.4) is 0 Å². The first-order valence-corrected chi connectivity index (χ1v) is 4.57. The third kappa shape index (κ3) is 3.12. The Morgan fingerprint density at radius 2 is 2.38 bits per heavy atom. The van der Waals surface area contributed by atoms with Crippen molar-refractivity contribution < 1.29 is 14.3 Å². The third-order valence-corrected chi connectivity index (χ3v) is 2.31. The lowest BCUT2D eigenvalue weighted by Gasteiger charge is -1.97. The van der Waals surface area contributed by atoms with Crippen molar-refractivity contribution >= 4 is 34.7 Å². The lowest BCUT2D eigenvalue weighted by atomic mass is 10.4. The number of carbonyl (C=O) groups excluding carboxylic acids is 2. The Kier molecular flexibility index (Phi) is 3.39. The van der Waals surface area contributed by atoms with E-state index in [0.29, 0.717) is 9.34 Å². The molecule has 1 rings (SSSR count). The third-order valence-electron chi connectivity index (χ3n) is 1.16. The maximum absolute atomic E-state index is 11.2. The van der Waals surface area contributed by atoms with E-state index in [1.165, 1.54) is 13.1 Å². The van der Waals surface area contributed by atoms with E-state index in [2.05, 4.69) is 9.72 Å². The molecule has 70 valence electrons. The molecule has 0 atom stereocenters. The molecule has 0 N–H and O–H groups in total. The van der Waals surface area contributed by atoms with Crippen molar-refractivity contribution in [1.82, 2.24) is 4.98 Å². The number of rotatable bonds is 3. The van der Waals surface area contributed by atoms with Crippen LogP contribution in [-0.2, 0) is 9.53 Å². The Morgan fingerprint density at radius 3 is 2.85 bits per heavy atom. The Bertz CT molecular complexity index is 336. The molecule has 0 unspecified atom stereocenters. The van der Waals surface area contributed by atoms with E-state index in [1.807, 2.05) is 0 Å². The average molecular weight is 220 g/mol. The van der Waals surface area contributed by atoms with Gasteiger partial charge in [-0.1, -0.05) is 22.9 Å². The number of nitrogens with zero attached hydrogens (tertiary/aromatic N) is 1. The van der Waals surface area contributed by atoms with Crippen LogP contribution in [0.15, 0.2) is 6.20 Å². The summed E-state index contributed by atoms with van der Waals surface area (Å²) in [5, 5.41) is 0. The SMILES string of the molecule is CC(=O)OCC(=O)c1cnc(Cl)s1. The van der Waals surface area contributed by atoms with Crippen LogP contribution in [-0.4, -0.2) is 23.3 Å². The van der Waals surface area contributed by atoms with Gasteiger partial charge in [-0.05, 0) is 0 Å². The van der Waals surface area contributed by atoms with Crippen molar-refractivity contribution in [3.8, 4) is 0 Å². The van der Waals surface area contributed by atoms with Crippen molar-refractivity contribution in [2.24, 2.45) is 0 Å². The molecule has 0 bridgehead atoms. The normalized spacial score (nSPS) is 9.69. The van der Waals surface area contributed by atoms with Crippen LogP contribution in [0.1, 0.15) is 16.6 Å². The van der Waals surface area contributed by atoms with Gasteiger partial charge in [-0.2, -0.15) is 0 Å². The lowest BCUT2D eigenvalue weighted by molar-refractivity contribution is -0.139. The van der Waals surface area contributed by atoms with Crippen molar-refractivity contribution in [3.63, 3.8) is 0 Å². The first-order chi connectivity index (χ1) is 6.09. The van der Waals surface area contributed by atoms with Gasteiger partial charge < -0.3 is 4.74 Å². The first-order valence-electron chi connectivity index (χ1n) is 3.37. The van der Waals surface area contributed by atoms with Gasteiger partial charge in [0, 0.05) is 6.92 Å². The van der Waals surface area contributed by atoms with Crippen molar-refractivity contribution in [2.75, 3.05) is 6.61 Å². The second-order valence-electron chi connectivity index (χ2n) is 2.18. The minimum absolute atomic E-state index is 0.256. The Labute approximate surface area is 83.5 Å². The van der Waals surface area contributed by atoms with E-state index in [0.717, 1.165) is 11.3 Å². The van der Waals surface area contributed by atoms with Crippen LogP contribution in [0.4, 0.5) is 0 Å². The van der Waals surface area contributed by atoms with E-state index in [4.69, 9.17) is 11.6 Å². The van der Waals surface area contributed by atoms with Crippen LogP contribution in [0.2, 0.25) is 4.47 Å². The summed E-state index contributed by atoms with van der Waals surface area (Å²) in [4.78, 5) is 25.7. The number of halogens is 1. The summed E-state index contributed by atoms with van der Waals surface area (Å²) in [7, 11) is 0. The number of aromatic nitrogens is 1. The summed E-state index contributed by atoms with van der Waals surface area (Å²) in [6.45, 7) is 0.987. The highest BCUT2D eigenvalue weighted by Gasteiger charge is 2.10. The highest BCUT2D eigenvalue weighted by molar-refractivity contribution is 7.17. The molecule has 0 aliphatic heterocycles. The fourth-order valence-electron chi connectivity index (χ4n) is 0.620. The molecular formula is C7H6ClNO3S. The topological polar surface area (TPSA) is 56.3 Å². The summed E-state index contributed by atoms with van der Waals surface area (Å²) < 4.78 is 4.81. The zero-order valence-corrected chi connectivity index (χ0v) is 8.32. The number of hydrogen-bond acceptors (Lipinski definition) is 5. The summed E-state index contributed by atoms with van der Waals surface area (Å²) in [6, 6.07) is 0. The molecule has 0 saturated heterocycles. The van der Waals surface area contributed by atoms with Gasteiger partial charge in [-0.3, -0.25) is 9.59 Å². The molecule has 0 spiro atoms. The van der Waals surface area contributed by atoms with Crippen molar-refractivity contribution in [2.45, 2.75) is 6.92 Å². The Morgan fingerprint density at radius 1 is 1.69 bits per heavy atom. The smallest absolute Gasteiger partial charge is 0.303 e. The molecule has 0 aliphatic carbocycles. The van der Waals surface area contributed by atoms with Gasteiger partial charge in [0.15, 0.2) is 11.1 Å². The van der Waals surface area contributed by atoms with Crippen LogP contribution < -0.4 is 0 Å². The number of hydrogen-bond donors (Lipinski definition) is 0. The number of thiazole rings is 1. The average Bonchev–Trinajstić information content (AvgIpc) is 2.47. The summed E-state index contributed by atoms with van der Waals surface area (Å²) in [6.07, 6.45) is 1.36. The standard InChI is InChI=1S/C7H6ClNO3S/c1-4(10)12-3-5(11)6-2-9-7(8)13-6/h2H,3H2,1H3. The Hall–Kier alpha value is -0.940. The maximum Gasteiger partial charge on any atom is 0.303 e. The summed E-state index contributed by atoms with van der Waals surface area (Å²) in [5.41, 5.74) is 0. The van der Waals surface area contributed by atoms with Crippen LogP contribution >= 0.6 is 22.9 Å². The molecule has 1 aromatic rings. The quantitative estimate of drug-likeness (QED) is 0.572. The number of Topliss-reactive ketones (excluding diaryl/α,β-unsaturated/α-hetero) is 1. The van der Waals surface area contributed by atoms with Crippen LogP contribution in [0.25, 0.3) is 0 Å². The zero-order chi connectivity index (χ0) is 9.84. The van der Waals surface area contributed by atoms with Gasteiger partial charge >= 0.3 is 5.97 Å². The first kappa shape index (κ1) is 10.1. The number of ether oxygens (including phenoxy) is 1. The molecule has 1 heterocycles. The van der Waals surface area contributed by atoms with Crippen LogP contribution in [0, 0.1) is 0 Å². The largest absolute Gasteiger partial charge is 0.457 e. The minimum atomic E-state index is -0.482. The molecule has 13 heavy (non-hydrogen) atoms. The number of esters is 1. The van der Waals surface area contributed by atoms with E-state index in [-0.39, 0.29) is 12.4 Å². The second kappa shape index (κ2) is 4.34. The zero-order valence-electron chi connectivity index (χ0n) is 6.74. The maximum atomic E-state index is 11.2. The van der Waals surface area contributed by atoms with E-state index < -0.39 is 5.97 Å². The monoisotopic (exact) mass is 219 g/mol. The molecule has 4 nitrogen and oxygen atoms in total. The highest BCUT2D eigenvalue weighted by Crippen LogP contribution is 2.17. The summed E-state index contributed by atoms with van der Waals surface area (Å²) in [5.74, 6) is -0.774. The fraction of sp³-hybridized carbons (Fsp3) is 0.286. The number of carbonyl (C=O) groups is 2. The molecule has 0 amide bonds. The lowest BCUT2D eigenvalue weighted by Crippen LogP contribution is -2.10.